The Kier molecular flexibility index (Phi) is 57.6. The first-order valence-corrected chi connectivity index (χ1v) is 0.651. The average Bonchev–Trinajstić information content (AvgIpc) is 0.811. The summed E-state index contributed by atoms with van der Waals surface area (Å²) in [6.07, 6.45) is -1.83. The maximum Gasteiger partial charge on any atom is 2.00 e. The van der Waals surface area contributed by atoms with Crippen LogP contribution in [0, 0.1) is 0 Å². The van der Waals surface area contributed by atoms with Crippen molar-refractivity contribution in [1.29, 1.82) is 0 Å². The van der Waals surface area contributed by atoms with E-state index in [1.165, 1.54) is 0 Å². The Morgan fingerprint density at radius 3 is 1.43 bits per heavy atom. The predicted octanol–water partition coefficient (Wildman–Crippen LogP) is -0.596. The van der Waals surface area contributed by atoms with Gasteiger partial charge in [0.1, 0.15) is 0 Å². The van der Waals surface area contributed by atoms with Crippen molar-refractivity contribution in [2.75, 3.05) is 0 Å². The molecule has 0 aromatic heterocycles. The van der Waals surface area contributed by atoms with Crippen LogP contribution in [0.1, 0.15) is 2.85 Å². The molecule has 7 heavy (non-hydrogen) atoms. The summed E-state index contributed by atoms with van der Waals surface area (Å²) >= 11 is 0. The molecule has 5 nitrogen and oxygen atoms in total. The van der Waals surface area contributed by atoms with Crippen LogP contribution in [-0.2, 0) is 0 Å². The van der Waals surface area contributed by atoms with E-state index in [0.717, 1.165) is 0 Å². The summed E-state index contributed by atoms with van der Waals surface area (Å²) in [6, 6.07) is 0. The molecule has 0 heterocycles. The number of hydrogen-bond donors (Lipinski definition) is 3. The molecular formula is CH9NO4Sr. The molecule has 0 aromatic carbocycles. The van der Waals surface area contributed by atoms with Gasteiger partial charge in [0.15, 0.2) is 0 Å². The second-order valence-electron chi connectivity index (χ2n) is 0.283. The Morgan fingerprint density at radius 2 is 1.43 bits per heavy atom. The molecule has 0 saturated heterocycles. The molecule has 0 aromatic rings. The van der Waals surface area contributed by atoms with Gasteiger partial charge >= 0.3 is 51.6 Å². The molecule has 7 N–H and O–H groups in total. The maximum atomic E-state index is 8.56. The summed E-state index contributed by atoms with van der Waals surface area (Å²) in [4.78, 5) is 8.56. The molecule has 0 spiro atoms. The molecule has 0 aliphatic carbocycles. The molecule has 0 rings (SSSR count). The molecule has 44 valence electrons. The molecule has 0 aliphatic rings. The smallest absolute Gasteiger partial charge is 1.00 e. The number of carboxylic acid groups (broad SMARTS) is 2. The first kappa shape index (κ1) is 25.3. The van der Waals surface area contributed by atoms with Crippen LogP contribution >= 0.6 is 0 Å². The van der Waals surface area contributed by atoms with Crippen molar-refractivity contribution in [3.05, 3.63) is 0 Å². The van der Waals surface area contributed by atoms with Gasteiger partial charge in [0.2, 0.25) is 0 Å². The minimum atomic E-state index is -1.83. The summed E-state index contributed by atoms with van der Waals surface area (Å²) in [5.41, 5.74) is 0. The van der Waals surface area contributed by atoms with Crippen LogP contribution in [0.2, 0.25) is 0 Å². The van der Waals surface area contributed by atoms with E-state index in [4.69, 9.17) is 15.0 Å². The van der Waals surface area contributed by atoms with E-state index in [9.17, 15) is 0 Å². The molecular weight excluding hydrogens is 178 g/mol. The van der Waals surface area contributed by atoms with Crippen LogP contribution in [0.4, 0.5) is 4.79 Å². The minimum Gasteiger partial charge on any atom is -1.00 e. The van der Waals surface area contributed by atoms with Crippen LogP contribution in [0.5, 0.6) is 0 Å². The van der Waals surface area contributed by atoms with Gasteiger partial charge in [0.25, 0.3) is 0 Å². The van der Waals surface area contributed by atoms with Gasteiger partial charge in [-0.3, -0.25) is 0 Å². The third-order valence-corrected chi connectivity index (χ3v) is 0. The second-order valence-corrected chi connectivity index (χ2v) is 0.283. The van der Waals surface area contributed by atoms with Gasteiger partial charge in [-0.2, -0.15) is 0 Å². The van der Waals surface area contributed by atoms with Gasteiger partial charge in [-0.1, -0.05) is 0 Å². The Hall–Kier alpha value is 0.671. The largest absolute Gasteiger partial charge is 2.00 e. The van der Waals surface area contributed by atoms with E-state index in [0.29, 0.717) is 0 Å². The van der Waals surface area contributed by atoms with E-state index in [1.54, 1.807) is 0 Å². The molecule has 0 saturated carbocycles. The van der Waals surface area contributed by atoms with Crippen molar-refractivity contribution in [1.82, 2.24) is 6.15 Å². The van der Waals surface area contributed by atoms with Gasteiger partial charge < -0.3 is 24.7 Å². The number of carbonyl (C=O) groups is 1. The zero-order chi connectivity index (χ0) is 3.58. The summed E-state index contributed by atoms with van der Waals surface area (Å²) in [5.74, 6) is 0. The first-order chi connectivity index (χ1) is 1.73. The molecule has 0 bridgehead atoms. The summed E-state index contributed by atoms with van der Waals surface area (Å²) in [7, 11) is 0. The Balaban J connectivity index is -0.00000000450. The molecule has 0 aliphatic heterocycles. The molecule has 0 unspecified atom stereocenters. The van der Waals surface area contributed by atoms with E-state index >= 15 is 0 Å². The van der Waals surface area contributed by atoms with E-state index < -0.39 is 6.16 Å². The summed E-state index contributed by atoms with van der Waals surface area (Å²) < 4.78 is 0. The topological polar surface area (TPSA) is 124 Å². The zero-order valence-electron chi connectivity index (χ0n) is 5.72. The Bertz CT molecular complexity index is 41.5. The fraction of sp³-hybridized carbons (Fsp3) is 0. The second kappa shape index (κ2) is 15.9. The number of hydrogen-bond acceptors (Lipinski definition) is 2. The van der Waals surface area contributed by atoms with Gasteiger partial charge in [-0.15, -0.1) is 0 Å². The summed E-state index contributed by atoms with van der Waals surface area (Å²) in [5, 5.41) is 13.9. The van der Waals surface area contributed by atoms with Crippen LogP contribution in [0.3, 0.4) is 0 Å². The normalized spacial score (nSPS) is 3.43. The molecule has 0 amide bonds. The molecule has 0 atom stereocenters. The van der Waals surface area contributed by atoms with E-state index in [-0.39, 0.29) is 60.0 Å². The van der Waals surface area contributed by atoms with Crippen molar-refractivity contribution in [3.63, 3.8) is 0 Å². The van der Waals surface area contributed by atoms with Gasteiger partial charge in [0, 0.05) is 0 Å². The van der Waals surface area contributed by atoms with Crippen molar-refractivity contribution in [3.8, 4) is 0 Å². The average molecular weight is 187 g/mol. The van der Waals surface area contributed by atoms with Crippen molar-refractivity contribution >= 4 is 51.6 Å². The minimum absolute atomic E-state index is 0. The van der Waals surface area contributed by atoms with Crippen molar-refractivity contribution in [2.45, 2.75) is 0 Å². The predicted molar refractivity (Wildman–Crippen MR) is 27.3 cm³/mol. The third-order valence-electron chi connectivity index (χ3n) is 0. The number of rotatable bonds is 0. The zero-order valence-corrected chi connectivity index (χ0v) is 7.19. The van der Waals surface area contributed by atoms with Crippen molar-refractivity contribution < 1.29 is 23.3 Å². The van der Waals surface area contributed by atoms with E-state index in [1.807, 2.05) is 0 Å². The quantitative estimate of drug-likeness (QED) is 0.437. The molecule has 0 radical (unpaired) electrons. The van der Waals surface area contributed by atoms with Crippen LogP contribution < -0.4 is 6.15 Å². The van der Waals surface area contributed by atoms with Crippen molar-refractivity contribution in [2.24, 2.45) is 0 Å². The SMILES string of the molecule is N.O.O=C(O)O.[H-].[H-].[Sr+2]. The van der Waals surface area contributed by atoms with Crippen LogP contribution in [0.25, 0.3) is 0 Å². The third kappa shape index (κ3) is 324. The fourth-order valence-corrected chi connectivity index (χ4v) is 0. The standard InChI is InChI=1S/CH2O3.H3N.H2O.Sr.2H/c2-1(3)4;;;;;/h(H2,2,3,4);1H3;1H2;;;/q;;;+2;2*-1. The Labute approximate surface area is 80.5 Å². The summed E-state index contributed by atoms with van der Waals surface area (Å²) in [6.45, 7) is 0. The first-order valence-electron chi connectivity index (χ1n) is 0.651. The van der Waals surface area contributed by atoms with Crippen LogP contribution in [0.15, 0.2) is 0 Å². The molecule has 0 fully saturated rings. The maximum absolute atomic E-state index is 8.56. The van der Waals surface area contributed by atoms with Gasteiger partial charge in [-0.05, 0) is 0 Å². The molecule has 6 heteroatoms. The monoisotopic (exact) mass is 187 g/mol. The Morgan fingerprint density at radius 1 is 1.43 bits per heavy atom. The van der Waals surface area contributed by atoms with Gasteiger partial charge in [-0.25, -0.2) is 4.79 Å². The van der Waals surface area contributed by atoms with Crippen LogP contribution in [-0.4, -0.2) is 67.3 Å². The van der Waals surface area contributed by atoms with E-state index in [2.05, 4.69) is 0 Å². The fourth-order valence-electron chi connectivity index (χ4n) is 0. The van der Waals surface area contributed by atoms with Gasteiger partial charge in [0.05, 0.1) is 0 Å².